The Hall–Kier alpha value is -0.570. The first-order valence-electron chi connectivity index (χ1n) is 5.20. The molecule has 0 bridgehead atoms. The Bertz CT molecular complexity index is 325. The van der Waals surface area contributed by atoms with Gasteiger partial charge in [0.15, 0.2) is 0 Å². The van der Waals surface area contributed by atoms with E-state index in [1.165, 1.54) is 6.07 Å². The standard InChI is InChI=1S/C12H17BrFN/c1-8(2)6-9(3)15-10-4-5-11(13)12(14)7-10/h4-5,7-9,15H,6H2,1-3H3. The zero-order valence-corrected chi connectivity index (χ0v) is 10.9. The number of hydrogen-bond acceptors (Lipinski definition) is 1. The van der Waals surface area contributed by atoms with Crippen molar-refractivity contribution < 1.29 is 4.39 Å². The van der Waals surface area contributed by atoms with Gasteiger partial charge >= 0.3 is 0 Å². The van der Waals surface area contributed by atoms with Crippen LogP contribution in [0.2, 0.25) is 0 Å². The highest BCUT2D eigenvalue weighted by molar-refractivity contribution is 9.10. The molecule has 0 amide bonds. The Morgan fingerprint density at radius 1 is 1.33 bits per heavy atom. The molecule has 0 aliphatic carbocycles. The van der Waals surface area contributed by atoms with E-state index in [0.717, 1.165) is 12.1 Å². The molecule has 0 aliphatic heterocycles. The van der Waals surface area contributed by atoms with Gasteiger partial charge in [-0.2, -0.15) is 0 Å². The molecule has 1 atom stereocenters. The van der Waals surface area contributed by atoms with Crippen molar-refractivity contribution in [1.82, 2.24) is 0 Å². The summed E-state index contributed by atoms with van der Waals surface area (Å²) in [6.45, 7) is 6.47. The van der Waals surface area contributed by atoms with E-state index in [-0.39, 0.29) is 5.82 Å². The summed E-state index contributed by atoms with van der Waals surface area (Å²) in [5.74, 6) is 0.421. The van der Waals surface area contributed by atoms with Crippen LogP contribution in [0.25, 0.3) is 0 Å². The number of nitrogens with one attached hydrogen (secondary N) is 1. The van der Waals surface area contributed by atoms with E-state index in [9.17, 15) is 4.39 Å². The maximum atomic E-state index is 13.2. The molecule has 0 radical (unpaired) electrons. The third kappa shape index (κ3) is 4.20. The average molecular weight is 274 g/mol. The predicted octanol–water partition coefficient (Wildman–Crippen LogP) is 4.43. The Morgan fingerprint density at radius 2 is 2.00 bits per heavy atom. The summed E-state index contributed by atoms with van der Waals surface area (Å²) in [6.07, 6.45) is 1.08. The molecule has 0 aromatic heterocycles. The number of benzene rings is 1. The van der Waals surface area contributed by atoms with Crippen LogP contribution in [0.1, 0.15) is 27.2 Å². The second kappa shape index (κ2) is 5.50. The van der Waals surface area contributed by atoms with Crippen LogP contribution in [0.4, 0.5) is 10.1 Å². The number of anilines is 1. The minimum Gasteiger partial charge on any atom is -0.382 e. The lowest BCUT2D eigenvalue weighted by molar-refractivity contribution is 0.539. The Kier molecular flexibility index (Phi) is 4.58. The third-order valence-corrected chi connectivity index (χ3v) is 2.80. The van der Waals surface area contributed by atoms with Crippen LogP contribution in [0.5, 0.6) is 0 Å². The summed E-state index contributed by atoms with van der Waals surface area (Å²) in [5, 5.41) is 3.28. The van der Waals surface area contributed by atoms with Crippen molar-refractivity contribution in [1.29, 1.82) is 0 Å². The van der Waals surface area contributed by atoms with Gasteiger partial charge in [0.05, 0.1) is 4.47 Å². The van der Waals surface area contributed by atoms with Gasteiger partial charge in [-0.15, -0.1) is 0 Å². The van der Waals surface area contributed by atoms with Crippen molar-refractivity contribution in [2.45, 2.75) is 33.2 Å². The van der Waals surface area contributed by atoms with Crippen LogP contribution in [-0.4, -0.2) is 6.04 Å². The molecule has 1 N–H and O–H groups in total. The summed E-state index contributed by atoms with van der Waals surface area (Å²) < 4.78 is 13.7. The van der Waals surface area contributed by atoms with Crippen LogP contribution >= 0.6 is 15.9 Å². The number of hydrogen-bond donors (Lipinski definition) is 1. The smallest absolute Gasteiger partial charge is 0.139 e. The largest absolute Gasteiger partial charge is 0.382 e. The van der Waals surface area contributed by atoms with Gasteiger partial charge < -0.3 is 5.32 Å². The van der Waals surface area contributed by atoms with Gasteiger partial charge in [0, 0.05) is 11.7 Å². The van der Waals surface area contributed by atoms with E-state index >= 15 is 0 Å². The highest BCUT2D eigenvalue weighted by Gasteiger charge is 2.06. The van der Waals surface area contributed by atoms with Gasteiger partial charge in [-0.1, -0.05) is 13.8 Å². The van der Waals surface area contributed by atoms with Crippen LogP contribution in [0.3, 0.4) is 0 Å². The molecular weight excluding hydrogens is 257 g/mol. The van der Waals surface area contributed by atoms with Gasteiger partial charge in [0.2, 0.25) is 0 Å². The molecule has 0 saturated heterocycles. The first kappa shape index (κ1) is 12.5. The fourth-order valence-electron chi connectivity index (χ4n) is 1.64. The van der Waals surface area contributed by atoms with Gasteiger partial charge in [-0.05, 0) is 53.4 Å². The molecule has 0 saturated carbocycles. The minimum absolute atomic E-state index is 0.225. The monoisotopic (exact) mass is 273 g/mol. The molecule has 0 heterocycles. The highest BCUT2D eigenvalue weighted by Crippen LogP contribution is 2.20. The molecule has 0 aliphatic rings. The summed E-state index contributed by atoms with van der Waals surface area (Å²) in [7, 11) is 0. The SMILES string of the molecule is CC(C)CC(C)Nc1ccc(Br)c(F)c1. The molecule has 15 heavy (non-hydrogen) atoms. The Labute approximate surface area is 99.2 Å². The summed E-state index contributed by atoms with van der Waals surface area (Å²) in [6, 6.07) is 5.48. The van der Waals surface area contributed by atoms with Crippen molar-refractivity contribution in [2.75, 3.05) is 5.32 Å². The minimum atomic E-state index is -0.225. The molecule has 0 spiro atoms. The van der Waals surface area contributed by atoms with Crippen LogP contribution < -0.4 is 5.32 Å². The third-order valence-electron chi connectivity index (χ3n) is 2.16. The number of halogens is 2. The lowest BCUT2D eigenvalue weighted by Gasteiger charge is -2.17. The first-order chi connectivity index (χ1) is 6.99. The topological polar surface area (TPSA) is 12.0 Å². The van der Waals surface area contributed by atoms with Crippen LogP contribution in [0.15, 0.2) is 22.7 Å². The molecule has 1 aromatic rings. The lowest BCUT2D eigenvalue weighted by Crippen LogP contribution is -2.17. The molecule has 0 fully saturated rings. The van der Waals surface area contributed by atoms with Crippen LogP contribution in [-0.2, 0) is 0 Å². The Morgan fingerprint density at radius 3 is 2.53 bits per heavy atom. The average Bonchev–Trinajstić information content (AvgIpc) is 2.10. The first-order valence-corrected chi connectivity index (χ1v) is 6.00. The quantitative estimate of drug-likeness (QED) is 0.856. The van der Waals surface area contributed by atoms with Crippen molar-refractivity contribution in [3.05, 3.63) is 28.5 Å². The van der Waals surface area contributed by atoms with Gasteiger partial charge in [-0.3, -0.25) is 0 Å². The molecule has 3 heteroatoms. The fourth-order valence-corrected chi connectivity index (χ4v) is 1.88. The molecular formula is C12H17BrFN. The maximum absolute atomic E-state index is 13.2. The zero-order chi connectivity index (χ0) is 11.4. The molecule has 1 aromatic carbocycles. The van der Waals surface area contributed by atoms with Gasteiger partial charge in [0.25, 0.3) is 0 Å². The summed E-state index contributed by atoms with van der Waals surface area (Å²) in [4.78, 5) is 0. The van der Waals surface area contributed by atoms with Gasteiger partial charge in [-0.25, -0.2) is 4.39 Å². The van der Waals surface area contributed by atoms with E-state index in [1.807, 2.05) is 6.07 Å². The van der Waals surface area contributed by atoms with Crippen molar-refractivity contribution in [3.63, 3.8) is 0 Å². The van der Waals surface area contributed by atoms with Crippen molar-refractivity contribution in [2.24, 2.45) is 5.92 Å². The Balaban J connectivity index is 2.60. The molecule has 1 unspecified atom stereocenters. The van der Waals surface area contributed by atoms with Crippen molar-refractivity contribution >= 4 is 21.6 Å². The van der Waals surface area contributed by atoms with E-state index in [2.05, 4.69) is 42.0 Å². The molecule has 84 valence electrons. The van der Waals surface area contributed by atoms with E-state index in [1.54, 1.807) is 6.07 Å². The van der Waals surface area contributed by atoms with E-state index < -0.39 is 0 Å². The lowest BCUT2D eigenvalue weighted by atomic mass is 10.1. The normalized spacial score (nSPS) is 12.9. The predicted molar refractivity (Wildman–Crippen MR) is 66.6 cm³/mol. The van der Waals surface area contributed by atoms with Gasteiger partial charge in [0.1, 0.15) is 5.82 Å². The van der Waals surface area contributed by atoms with E-state index in [4.69, 9.17) is 0 Å². The summed E-state index contributed by atoms with van der Waals surface area (Å²) >= 11 is 3.13. The maximum Gasteiger partial charge on any atom is 0.139 e. The number of rotatable bonds is 4. The summed E-state index contributed by atoms with van der Waals surface area (Å²) in [5.41, 5.74) is 0.837. The van der Waals surface area contributed by atoms with Crippen LogP contribution in [0, 0.1) is 11.7 Å². The highest BCUT2D eigenvalue weighted by atomic mass is 79.9. The van der Waals surface area contributed by atoms with E-state index in [0.29, 0.717) is 16.4 Å². The molecule has 1 nitrogen and oxygen atoms in total. The second-order valence-corrected chi connectivity index (χ2v) is 5.16. The zero-order valence-electron chi connectivity index (χ0n) is 9.35. The molecule has 1 rings (SSSR count). The van der Waals surface area contributed by atoms with Crippen molar-refractivity contribution in [3.8, 4) is 0 Å². The second-order valence-electron chi connectivity index (χ2n) is 4.30. The fraction of sp³-hybridized carbons (Fsp3) is 0.500.